The highest BCUT2D eigenvalue weighted by molar-refractivity contribution is 5.94. The van der Waals surface area contributed by atoms with E-state index in [1.165, 1.54) is 6.07 Å². The zero-order chi connectivity index (χ0) is 18.4. The molecule has 2 fully saturated rings. The molecule has 2 aliphatic rings. The summed E-state index contributed by atoms with van der Waals surface area (Å²) in [5, 5.41) is 3.36. The smallest absolute Gasteiger partial charge is 0.253 e. The maximum atomic E-state index is 14.0. The number of hydrogen-bond donors (Lipinski definition) is 1. The first kappa shape index (κ1) is 19.2. The number of rotatable bonds is 7. The van der Waals surface area contributed by atoms with Crippen molar-refractivity contribution in [1.29, 1.82) is 0 Å². The fraction of sp³-hybridized carbons (Fsp3) is 0.632. The summed E-state index contributed by atoms with van der Waals surface area (Å²) in [6.45, 7) is 6.58. The molecule has 1 aromatic carbocycles. The Kier molecular flexibility index (Phi) is 6.96. The number of nitrogens with zero attached hydrogens (tertiary/aromatic N) is 2. The summed E-state index contributed by atoms with van der Waals surface area (Å²) in [5.74, 6) is -0.375. The van der Waals surface area contributed by atoms with Crippen molar-refractivity contribution in [3.05, 3.63) is 35.1 Å². The molecule has 1 unspecified atom stereocenters. The van der Waals surface area contributed by atoms with Gasteiger partial charge in [0.25, 0.3) is 5.91 Å². The molecule has 1 N–H and O–H groups in total. The quantitative estimate of drug-likeness (QED) is 0.734. The van der Waals surface area contributed by atoms with Crippen molar-refractivity contribution < 1.29 is 18.7 Å². The van der Waals surface area contributed by atoms with Crippen molar-refractivity contribution in [3.8, 4) is 0 Å². The first-order valence-electron chi connectivity index (χ1n) is 9.28. The summed E-state index contributed by atoms with van der Waals surface area (Å²) < 4.78 is 24.3. The van der Waals surface area contributed by atoms with E-state index in [1.54, 1.807) is 19.2 Å². The van der Waals surface area contributed by atoms with E-state index in [1.807, 2.05) is 4.90 Å². The molecule has 7 heteroatoms. The SMILES string of the molecule is COCCOCc1cc(C(=O)N2CCC(N3CCNCC3)C2)ccc1F. The van der Waals surface area contributed by atoms with Crippen molar-refractivity contribution in [1.82, 2.24) is 15.1 Å². The van der Waals surface area contributed by atoms with Gasteiger partial charge in [0.15, 0.2) is 0 Å². The molecule has 0 saturated carbocycles. The Morgan fingerprint density at radius 2 is 2.08 bits per heavy atom. The van der Waals surface area contributed by atoms with Crippen LogP contribution in [-0.4, -0.2) is 81.3 Å². The Hall–Kier alpha value is -1.54. The lowest BCUT2D eigenvalue weighted by Gasteiger charge is -2.32. The molecule has 1 aromatic rings. The predicted molar refractivity (Wildman–Crippen MR) is 96.7 cm³/mol. The van der Waals surface area contributed by atoms with Crippen LogP contribution in [0.5, 0.6) is 0 Å². The topological polar surface area (TPSA) is 54.0 Å². The van der Waals surface area contributed by atoms with E-state index in [9.17, 15) is 9.18 Å². The van der Waals surface area contributed by atoms with Gasteiger partial charge in [0, 0.05) is 63.5 Å². The van der Waals surface area contributed by atoms with Gasteiger partial charge >= 0.3 is 0 Å². The largest absolute Gasteiger partial charge is 0.382 e. The van der Waals surface area contributed by atoms with E-state index in [-0.39, 0.29) is 18.3 Å². The molecule has 3 rings (SSSR count). The summed E-state index contributed by atoms with van der Waals surface area (Å²) in [4.78, 5) is 17.2. The van der Waals surface area contributed by atoms with Crippen LogP contribution < -0.4 is 5.32 Å². The van der Waals surface area contributed by atoms with E-state index < -0.39 is 0 Å². The third-order valence-electron chi connectivity index (χ3n) is 5.10. The first-order valence-corrected chi connectivity index (χ1v) is 9.28. The average molecular weight is 365 g/mol. The average Bonchev–Trinajstić information content (AvgIpc) is 3.17. The molecule has 2 heterocycles. The molecule has 0 spiro atoms. The van der Waals surface area contributed by atoms with Gasteiger partial charge in [0.2, 0.25) is 0 Å². The number of benzene rings is 1. The summed E-state index contributed by atoms with van der Waals surface area (Å²) in [6.07, 6.45) is 1.000. The van der Waals surface area contributed by atoms with Crippen molar-refractivity contribution in [2.45, 2.75) is 19.1 Å². The Labute approximate surface area is 154 Å². The molecule has 0 radical (unpaired) electrons. The van der Waals surface area contributed by atoms with Crippen molar-refractivity contribution >= 4 is 5.91 Å². The molecule has 1 atom stereocenters. The van der Waals surface area contributed by atoms with Crippen LogP contribution in [0.2, 0.25) is 0 Å². The number of hydrogen-bond acceptors (Lipinski definition) is 5. The lowest BCUT2D eigenvalue weighted by molar-refractivity contribution is 0.0603. The maximum Gasteiger partial charge on any atom is 0.253 e. The zero-order valence-electron chi connectivity index (χ0n) is 15.4. The van der Waals surface area contributed by atoms with Crippen LogP contribution in [-0.2, 0) is 16.1 Å². The van der Waals surface area contributed by atoms with E-state index in [0.29, 0.717) is 30.4 Å². The van der Waals surface area contributed by atoms with Crippen LogP contribution in [0.1, 0.15) is 22.3 Å². The molecule has 1 amide bonds. The standard InChI is InChI=1S/C19H28FN3O3/c1-25-10-11-26-14-16-12-15(2-3-18(16)20)19(24)23-7-4-17(13-23)22-8-5-21-6-9-22/h2-3,12,17,21H,4-11,13-14H2,1H3. The third-order valence-corrected chi connectivity index (χ3v) is 5.10. The molecule has 2 aliphatic heterocycles. The van der Waals surface area contributed by atoms with Crippen LogP contribution in [0.4, 0.5) is 4.39 Å². The van der Waals surface area contributed by atoms with E-state index >= 15 is 0 Å². The van der Waals surface area contributed by atoms with Crippen LogP contribution in [0.3, 0.4) is 0 Å². The molecule has 0 bridgehead atoms. The molecule has 0 aliphatic carbocycles. The van der Waals surface area contributed by atoms with Gasteiger partial charge in [-0.2, -0.15) is 0 Å². The second kappa shape index (κ2) is 9.41. The minimum absolute atomic E-state index is 0.0271. The molecule has 26 heavy (non-hydrogen) atoms. The highest BCUT2D eigenvalue weighted by atomic mass is 19.1. The molecule has 0 aromatic heterocycles. The van der Waals surface area contributed by atoms with Gasteiger partial charge in [-0.3, -0.25) is 9.69 Å². The van der Waals surface area contributed by atoms with Crippen molar-refractivity contribution in [3.63, 3.8) is 0 Å². The second-order valence-corrected chi connectivity index (χ2v) is 6.83. The zero-order valence-corrected chi connectivity index (χ0v) is 15.4. The number of amides is 1. The van der Waals surface area contributed by atoms with Gasteiger partial charge in [-0.1, -0.05) is 0 Å². The van der Waals surface area contributed by atoms with E-state index in [0.717, 1.165) is 45.7 Å². The third kappa shape index (κ3) is 4.79. The van der Waals surface area contributed by atoms with Crippen LogP contribution >= 0.6 is 0 Å². The monoisotopic (exact) mass is 365 g/mol. The van der Waals surface area contributed by atoms with E-state index in [2.05, 4.69) is 10.2 Å². The Balaban J connectivity index is 1.58. The fourth-order valence-electron chi connectivity index (χ4n) is 3.60. The highest BCUT2D eigenvalue weighted by Crippen LogP contribution is 2.20. The Bertz CT molecular complexity index is 608. The number of methoxy groups -OCH3 is 1. The lowest BCUT2D eigenvalue weighted by atomic mass is 10.1. The van der Waals surface area contributed by atoms with Crippen LogP contribution in [0.15, 0.2) is 18.2 Å². The number of halogens is 1. The lowest BCUT2D eigenvalue weighted by Crippen LogP contribution is -2.49. The Morgan fingerprint density at radius 3 is 2.85 bits per heavy atom. The molecular weight excluding hydrogens is 337 g/mol. The number of nitrogens with one attached hydrogen (secondary N) is 1. The highest BCUT2D eigenvalue weighted by Gasteiger charge is 2.31. The minimum Gasteiger partial charge on any atom is -0.382 e. The second-order valence-electron chi connectivity index (χ2n) is 6.83. The molecule has 144 valence electrons. The number of carbonyl (C=O) groups excluding carboxylic acids is 1. The number of ether oxygens (including phenoxy) is 2. The van der Waals surface area contributed by atoms with Gasteiger partial charge < -0.3 is 19.7 Å². The normalized spacial score (nSPS) is 21.3. The van der Waals surface area contributed by atoms with Crippen LogP contribution in [0, 0.1) is 5.82 Å². The van der Waals surface area contributed by atoms with Gasteiger partial charge in [-0.05, 0) is 24.6 Å². The summed E-state index contributed by atoms with van der Waals surface area (Å²) in [7, 11) is 1.59. The number of likely N-dealkylation sites (tertiary alicyclic amines) is 1. The number of piperazine rings is 1. The maximum absolute atomic E-state index is 14.0. The van der Waals surface area contributed by atoms with E-state index in [4.69, 9.17) is 9.47 Å². The summed E-state index contributed by atoms with van der Waals surface area (Å²) in [5.41, 5.74) is 0.933. The van der Waals surface area contributed by atoms with Crippen LogP contribution in [0.25, 0.3) is 0 Å². The molecule has 6 nitrogen and oxygen atoms in total. The summed E-state index contributed by atoms with van der Waals surface area (Å²) >= 11 is 0. The van der Waals surface area contributed by atoms with Crippen molar-refractivity contribution in [2.75, 3.05) is 59.6 Å². The minimum atomic E-state index is -0.348. The van der Waals surface area contributed by atoms with Gasteiger partial charge in [0.05, 0.1) is 19.8 Å². The first-order chi connectivity index (χ1) is 12.7. The molecular formula is C19H28FN3O3. The van der Waals surface area contributed by atoms with Gasteiger partial charge in [0.1, 0.15) is 5.82 Å². The fourth-order valence-corrected chi connectivity index (χ4v) is 3.60. The van der Waals surface area contributed by atoms with Crippen molar-refractivity contribution in [2.24, 2.45) is 0 Å². The Morgan fingerprint density at radius 1 is 1.27 bits per heavy atom. The number of carbonyl (C=O) groups is 1. The van der Waals surface area contributed by atoms with Gasteiger partial charge in [-0.25, -0.2) is 4.39 Å². The molecule has 2 saturated heterocycles. The predicted octanol–water partition coefficient (Wildman–Crippen LogP) is 1.11. The summed E-state index contributed by atoms with van der Waals surface area (Å²) in [6, 6.07) is 4.96. The van der Waals surface area contributed by atoms with Gasteiger partial charge in [-0.15, -0.1) is 0 Å².